The summed E-state index contributed by atoms with van der Waals surface area (Å²) in [5.41, 5.74) is -0.169. The molecule has 90 valence electrons. The zero-order valence-electron chi connectivity index (χ0n) is 9.50. The van der Waals surface area contributed by atoms with Gasteiger partial charge < -0.3 is 9.15 Å². The first kappa shape index (κ1) is 13.1. The van der Waals surface area contributed by atoms with Crippen molar-refractivity contribution in [1.82, 2.24) is 0 Å². The van der Waals surface area contributed by atoms with Gasteiger partial charge in [0.2, 0.25) is 11.2 Å². The number of alkyl halides is 1. The summed E-state index contributed by atoms with van der Waals surface area (Å²) in [6.45, 7) is 2.71. The van der Waals surface area contributed by atoms with Crippen molar-refractivity contribution in [2.75, 3.05) is 6.61 Å². The number of rotatable bonds is 7. The van der Waals surface area contributed by atoms with Crippen LogP contribution >= 0.6 is 11.6 Å². The number of halogens is 1. The van der Waals surface area contributed by atoms with E-state index in [2.05, 4.69) is 6.92 Å². The highest BCUT2D eigenvalue weighted by Crippen LogP contribution is 2.08. The quantitative estimate of drug-likeness (QED) is 0.546. The molecule has 0 N–H and O–H groups in total. The maximum absolute atomic E-state index is 11.5. The highest BCUT2D eigenvalue weighted by atomic mass is 35.5. The lowest BCUT2D eigenvalue weighted by Crippen LogP contribution is -2.08. The van der Waals surface area contributed by atoms with Crippen molar-refractivity contribution in [3.8, 4) is 5.75 Å². The first-order valence-corrected chi connectivity index (χ1v) is 6.12. The average Bonchev–Trinajstić information content (AvgIpc) is 2.30. The lowest BCUT2D eigenvalue weighted by molar-refractivity contribution is 0.290. The Morgan fingerprint density at radius 3 is 2.81 bits per heavy atom. The van der Waals surface area contributed by atoms with Crippen molar-refractivity contribution in [2.45, 2.75) is 38.5 Å². The van der Waals surface area contributed by atoms with Gasteiger partial charge in [0.25, 0.3) is 0 Å². The smallest absolute Gasteiger partial charge is 0.227 e. The van der Waals surface area contributed by atoms with Crippen molar-refractivity contribution in [2.24, 2.45) is 0 Å². The van der Waals surface area contributed by atoms with Crippen LogP contribution in [-0.2, 0) is 5.88 Å². The van der Waals surface area contributed by atoms with E-state index in [1.165, 1.54) is 25.2 Å². The molecule has 0 saturated carbocycles. The third kappa shape index (κ3) is 4.27. The largest absolute Gasteiger partial charge is 0.487 e. The molecule has 16 heavy (non-hydrogen) atoms. The van der Waals surface area contributed by atoms with Gasteiger partial charge in [0.05, 0.1) is 12.5 Å². The molecule has 0 unspecified atom stereocenters. The molecule has 0 spiro atoms. The van der Waals surface area contributed by atoms with Crippen LogP contribution in [0.3, 0.4) is 0 Å². The van der Waals surface area contributed by atoms with Crippen LogP contribution < -0.4 is 10.2 Å². The SMILES string of the molecule is CCCCCCOc1coc(CCl)cc1=O. The summed E-state index contributed by atoms with van der Waals surface area (Å²) in [7, 11) is 0. The van der Waals surface area contributed by atoms with Crippen LogP contribution in [0.2, 0.25) is 0 Å². The third-order valence-corrected chi connectivity index (χ3v) is 2.50. The molecular formula is C12H17ClO3. The van der Waals surface area contributed by atoms with Gasteiger partial charge in [-0.3, -0.25) is 4.79 Å². The van der Waals surface area contributed by atoms with Crippen LogP contribution in [0.15, 0.2) is 21.5 Å². The molecule has 0 radical (unpaired) electrons. The summed E-state index contributed by atoms with van der Waals surface area (Å²) in [6, 6.07) is 1.37. The molecule has 1 heterocycles. The normalized spacial score (nSPS) is 10.4. The van der Waals surface area contributed by atoms with E-state index in [-0.39, 0.29) is 17.1 Å². The van der Waals surface area contributed by atoms with Crippen LogP contribution in [0, 0.1) is 0 Å². The van der Waals surface area contributed by atoms with Crippen LogP contribution in [-0.4, -0.2) is 6.61 Å². The Hall–Kier alpha value is -0.960. The third-order valence-electron chi connectivity index (χ3n) is 2.24. The fourth-order valence-electron chi connectivity index (χ4n) is 1.32. The fraction of sp³-hybridized carbons (Fsp3) is 0.583. The van der Waals surface area contributed by atoms with Crippen LogP contribution in [0.25, 0.3) is 0 Å². The zero-order valence-corrected chi connectivity index (χ0v) is 10.3. The van der Waals surface area contributed by atoms with Gasteiger partial charge in [-0.05, 0) is 6.42 Å². The maximum Gasteiger partial charge on any atom is 0.227 e. The maximum atomic E-state index is 11.5. The minimum atomic E-state index is -0.169. The Balaban J connectivity index is 2.39. The molecule has 0 aliphatic rings. The average molecular weight is 245 g/mol. The molecule has 1 aromatic rings. The topological polar surface area (TPSA) is 39.4 Å². The second kappa shape index (κ2) is 7.34. The molecule has 1 rings (SSSR count). The van der Waals surface area contributed by atoms with Gasteiger partial charge >= 0.3 is 0 Å². The minimum Gasteiger partial charge on any atom is -0.487 e. The van der Waals surface area contributed by atoms with Crippen molar-refractivity contribution in [3.05, 3.63) is 28.3 Å². The molecule has 0 fully saturated rings. The summed E-state index contributed by atoms with van der Waals surface area (Å²) in [5, 5.41) is 0. The van der Waals surface area contributed by atoms with E-state index < -0.39 is 0 Å². The molecule has 0 aliphatic heterocycles. The molecule has 0 aliphatic carbocycles. The van der Waals surface area contributed by atoms with E-state index in [9.17, 15) is 4.79 Å². The van der Waals surface area contributed by atoms with Crippen molar-refractivity contribution in [1.29, 1.82) is 0 Å². The van der Waals surface area contributed by atoms with Crippen molar-refractivity contribution >= 4 is 11.6 Å². The van der Waals surface area contributed by atoms with Crippen molar-refractivity contribution in [3.63, 3.8) is 0 Å². The predicted molar refractivity (Wildman–Crippen MR) is 64.2 cm³/mol. The fourth-order valence-corrected chi connectivity index (χ4v) is 1.46. The molecule has 0 amide bonds. The van der Waals surface area contributed by atoms with Gasteiger partial charge in [-0.25, -0.2) is 0 Å². The summed E-state index contributed by atoms with van der Waals surface area (Å²) >= 11 is 5.54. The van der Waals surface area contributed by atoms with Crippen LogP contribution in [0.5, 0.6) is 5.75 Å². The second-order valence-electron chi connectivity index (χ2n) is 3.62. The van der Waals surface area contributed by atoms with Gasteiger partial charge in [0, 0.05) is 6.07 Å². The monoisotopic (exact) mass is 244 g/mol. The lowest BCUT2D eigenvalue weighted by atomic mass is 10.2. The van der Waals surface area contributed by atoms with Crippen LogP contribution in [0.1, 0.15) is 38.4 Å². The Morgan fingerprint density at radius 1 is 1.38 bits per heavy atom. The first-order chi connectivity index (χ1) is 7.77. The Morgan fingerprint density at radius 2 is 2.19 bits per heavy atom. The molecular weight excluding hydrogens is 228 g/mol. The van der Waals surface area contributed by atoms with Crippen LogP contribution in [0.4, 0.5) is 0 Å². The van der Waals surface area contributed by atoms with E-state index in [4.69, 9.17) is 20.8 Å². The Labute approximate surface area is 100 Å². The van der Waals surface area contributed by atoms with E-state index in [0.29, 0.717) is 12.4 Å². The summed E-state index contributed by atoms with van der Waals surface area (Å²) in [4.78, 5) is 11.5. The molecule has 1 aromatic heterocycles. The molecule has 3 nitrogen and oxygen atoms in total. The summed E-state index contributed by atoms with van der Waals surface area (Å²) in [5.74, 6) is 0.932. The van der Waals surface area contributed by atoms with Gasteiger partial charge in [-0.15, -0.1) is 11.6 Å². The van der Waals surface area contributed by atoms with Gasteiger partial charge in [0.15, 0.2) is 0 Å². The Kier molecular flexibility index (Phi) is 6.01. The van der Waals surface area contributed by atoms with E-state index in [0.717, 1.165) is 12.8 Å². The number of hydrogen-bond donors (Lipinski definition) is 0. The van der Waals surface area contributed by atoms with Gasteiger partial charge in [0.1, 0.15) is 12.0 Å². The highest BCUT2D eigenvalue weighted by molar-refractivity contribution is 6.16. The first-order valence-electron chi connectivity index (χ1n) is 5.58. The predicted octanol–water partition coefficient (Wildman–Crippen LogP) is 3.34. The Bertz CT molecular complexity index is 360. The van der Waals surface area contributed by atoms with E-state index in [1.807, 2.05) is 0 Å². The highest BCUT2D eigenvalue weighted by Gasteiger charge is 2.03. The number of unbranched alkanes of at least 4 members (excludes halogenated alkanes) is 3. The molecule has 0 atom stereocenters. The van der Waals surface area contributed by atoms with E-state index in [1.54, 1.807) is 0 Å². The molecule has 4 heteroatoms. The lowest BCUT2D eigenvalue weighted by Gasteiger charge is -2.04. The van der Waals surface area contributed by atoms with Gasteiger partial charge in [-0.2, -0.15) is 0 Å². The molecule has 0 bridgehead atoms. The number of ether oxygens (including phenoxy) is 1. The molecule has 0 aromatic carbocycles. The minimum absolute atomic E-state index is 0.169. The zero-order chi connectivity index (χ0) is 11.8. The summed E-state index contributed by atoms with van der Waals surface area (Å²) in [6.07, 6.45) is 5.81. The molecule has 0 saturated heterocycles. The second-order valence-corrected chi connectivity index (χ2v) is 3.88. The van der Waals surface area contributed by atoms with Crippen molar-refractivity contribution < 1.29 is 9.15 Å². The summed E-state index contributed by atoms with van der Waals surface area (Å²) < 4.78 is 10.4. The standard InChI is InChI=1S/C12H17ClO3/c1-2-3-4-5-6-15-12-9-16-10(8-13)7-11(12)14/h7,9H,2-6,8H2,1H3. The van der Waals surface area contributed by atoms with Gasteiger partial charge in [-0.1, -0.05) is 26.2 Å². The van der Waals surface area contributed by atoms with E-state index >= 15 is 0 Å². The number of hydrogen-bond acceptors (Lipinski definition) is 3.